The number of thioether (sulfide) groups is 1. The standard InChI is InChI=1S/C7H8BrNO2S2/c8-5-1-2-6(13-5)12-3-4(9)7(10)11/h1-2,4H,3,9H2,(H,10,11). The van der Waals surface area contributed by atoms with E-state index < -0.39 is 12.0 Å². The zero-order chi connectivity index (χ0) is 9.84. The van der Waals surface area contributed by atoms with E-state index >= 15 is 0 Å². The van der Waals surface area contributed by atoms with Gasteiger partial charge in [0.25, 0.3) is 0 Å². The lowest BCUT2D eigenvalue weighted by Crippen LogP contribution is -2.32. The maximum Gasteiger partial charge on any atom is 0.321 e. The number of rotatable bonds is 4. The van der Waals surface area contributed by atoms with Crippen LogP contribution in [0.4, 0.5) is 0 Å². The van der Waals surface area contributed by atoms with Crippen LogP contribution in [0.3, 0.4) is 0 Å². The number of carbonyl (C=O) groups is 1. The molecule has 0 aromatic carbocycles. The smallest absolute Gasteiger partial charge is 0.321 e. The van der Waals surface area contributed by atoms with Gasteiger partial charge in [0, 0.05) is 5.75 Å². The van der Waals surface area contributed by atoms with Crippen LogP contribution in [0, 0.1) is 0 Å². The van der Waals surface area contributed by atoms with Crippen molar-refractivity contribution in [3.8, 4) is 0 Å². The molecule has 3 N–H and O–H groups in total. The number of carboxylic acids is 1. The Kier molecular flexibility index (Phi) is 4.24. The summed E-state index contributed by atoms with van der Waals surface area (Å²) in [6.07, 6.45) is 0. The Morgan fingerprint density at radius 1 is 1.77 bits per heavy atom. The second-order valence-corrected chi connectivity index (χ2v) is 6.10. The van der Waals surface area contributed by atoms with Gasteiger partial charge in [0.15, 0.2) is 0 Å². The predicted octanol–water partition coefficient (Wildman–Crippen LogP) is 2.01. The van der Waals surface area contributed by atoms with E-state index in [4.69, 9.17) is 10.8 Å². The SMILES string of the molecule is NC(CSc1ccc(Br)s1)C(=O)O. The Balaban J connectivity index is 2.39. The molecule has 0 radical (unpaired) electrons. The first kappa shape index (κ1) is 11.0. The summed E-state index contributed by atoms with van der Waals surface area (Å²) in [4.78, 5) is 10.4. The van der Waals surface area contributed by atoms with Crippen molar-refractivity contribution in [2.45, 2.75) is 10.3 Å². The quantitative estimate of drug-likeness (QED) is 0.829. The molecule has 0 amide bonds. The summed E-state index contributed by atoms with van der Waals surface area (Å²) in [5.41, 5.74) is 5.34. The summed E-state index contributed by atoms with van der Waals surface area (Å²) in [5.74, 6) is -0.550. The molecule has 1 unspecified atom stereocenters. The van der Waals surface area contributed by atoms with E-state index in [2.05, 4.69) is 15.9 Å². The highest BCUT2D eigenvalue weighted by Crippen LogP contribution is 2.30. The van der Waals surface area contributed by atoms with Gasteiger partial charge in [-0.2, -0.15) is 0 Å². The van der Waals surface area contributed by atoms with Gasteiger partial charge in [0.2, 0.25) is 0 Å². The molecule has 6 heteroatoms. The van der Waals surface area contributed by atoms with E-state index in [-0.39, 0.29) is 0 Å². The molecule has 1 aromatic rings. The van der Waals surface area contributed by atoms with E-state index in [0.29, 0.717) is 5.75 Å². The van der Waals surface area contributed by atoms with Crippen molar-refractivity contribution in [2.75, 3.05) is 5.75 Å². The zero-order valence-corrected chi connectivity index (χ0v) is 9.79. The van der Waals surface area contributed by atoms with Gasteiger partial charge in [-0.3, -0.25) is 4.79 Å². The highest BCUT2D eigenvalue weighted by molar-refractivity contribution is 9.11. The first-order chi connectivity index (χ1) is 6.09. The fraction of sp³-hybridized carbons (Fsp3) is 0.286. The molecular formula is C7H8BrNO2S2. The number of hydrogen-bond acceptors (Lipinski definition) is 4. The van der Waals surface area contributed by atoms with E-state index in [9.17, 15) is 4.79 Å². The first-order valence-corrected chi connectivity index (χ1v) is 6.05. The second kappa shape index (κ2) is 4.99. The largest absolute Gasteiger partial charge is 0.480 e. The lowest BCUT2D eigenvalue weighted by Gasteiger charge is -2.03. The molecule has 3 nitrogen and oxygen atoms in total. The summed E-state index contributed by atoms with van der Waals surface area (Å²) in [6.45, 7) is 0. The normalized spacial score (nSPS) is 12.8. The van der Waals surface area contributed by atoms with Gasteiger partial charge in [-0.25, -0.2) is 0 Å². The van der Waals surface area contributed by atoms with Crippen LogP contribution in [0.1, 0.15) is 0 Å². The van der Waals surface area contributed by atoms with Gasteiger partial charge in [-0.05, 0) is 28.1 Å². The molecule has 1 aromatic heterocycles. The van der Waals surface area contributed by atoms with Gasteiger partial charge in [-0.1, -0.05) is 0 Å². The highest BCUT2D eigenvalue weighted by Gasteiger charge is 2.11. The first-order valence-electron chi connectivity index (χ1n) is 3.46. The van der Waals surface area contributed by atoms with E-state index in [0.717, 1.165) is 8.00 Å². The number of halogens is 1. The molecule has 1 atom stereocenters. The summed E-state index contributed by atoms with van der Waals surface area (Å²) in [5, 5.41) is 8.52. The Bertz CT molecular complexity index is 302. The van der Waals surface area contributed by atoms with Gasteiger partial charge >= 0.3 is 5.97 Å². The van der Waals surface area contributed by atoms with Crippen LogP contribution in [0.25, 0.3) is 0 Å². The summed E-state index contributed by atoms with van der Waals surface area (Å²) in [7, 11) is 0. The fourth-order valence-corrected chi connectivity index (χ4v) is 3.42. The van der Waals surface area contributed by atoms with Crippen molar-refractivity contribution in [2.24, 2.45) is 5.73 Å². The Hall–Kier alpha value is -0.0400. The molecule has 1 heterocycles. The van der Waals surface area contributed by atoms with Crippen molar-refractivity contribution in [1.82, 2.24) is 0 Å². The maximum absolute atomic E-state index is 10.4. The van der Waals surface area contributed by atoms with Gasteiger partial charge in [-0.15, -0.1) is 23.1 Å². The second-order valence-electron chi connectivity index (χ2n) is 2.31. The highest BCUT2D eigenvalue weighted by atomic mass is 79.9. The molecule has 0 aliphatic rings. The van der Waals surface area contributed by atoms with E-state index in [1.54, 1.807) is 11.3 Å². The molecule has 0 aliphatic carbocycles. The van der Waals surface area contributed by atoms with Crippen molar-refractivity contribution in [1.29, 1.82) is 0 Å². The van der Waals surface area contributed by atoms with E-state index in [1.165, 1.54) is 11.8 Å². The van der Waals surface area contributed by atoms with Crippen molar-refractivity contribution in [3.63, 3.8) is 0 Å². The topological polar surface area (TPSA) is 63.3 Å². The fourth-order valence-electron chi connectivity index (χ4n) is 0.618. The molecule has 1 rings (SSSR count). The molecule has 0 aliphatic heterocycles. The van der Waals surface area contributed by atoms with Crippen LogP contribution in [0.5, 0.6) is 0 Å². The van der Waals surface area contributed by atoms with Crippen LogP contribution < -0.4 is 5.73 Å². The monoisotopic (exact) mass is 281 g/mol. The minimum Gasteiger partial charge on any atom is -0.480 e. The van der Waals surface area contributed by atoms with E-state index in [1.807, 2.05) is 12.1 Å². The number of hydrogen-bond donors (Lipinski definition) is 2. The van der Waals surface area contributed by atoms with Crippen LogP contribution >= 0.6 is 39.0 Å². The Labute approximate surface area is 92.5 Å². The molecule has 0 bridgehead atoms. The van der Waals surface area contributed by atoms with Crippen molar-refractivity contribution in [3.05, 3.63) is 15.9 Å². The maximum atomic E-state index is 10.4. The average molecular weight is 282 g/mol. The lowest BCUT2D eigenvalue weighted by molar-refractivity contribution is -0.137. The molecule has 0 spiro atoms. The van der Waals surface area contributed by atoms with Crippen molar-refractivity contribution < 1.29 is 9.90 Å². The molecular weight excluding hydrogens is 274 g/mol. The average Bonchev–Trinajstić information content (AvgIpc) is 2.47. The summed E-state index contributed by atoms with van der Waals surface area (Å²) in [6, 6.07) is 3.08. The molecule has 13 heavy (non-hydrogen) atoms. The third-order valence-corrected chi connectivity index (χ3v) is 4.24. The number of nitrogens with two attached hydrogens (primary N) is 1. The van der Waals surface area contributed by atoms with Crippen LogP contribution in [0.15, 0.2) is 20.1 Å². The molecule has 0 fully saturated rings. The van der Waals surface area contributed by atoms with Gasteiger partial charge in [0.05, 0.1) is 8.00 Å². The lowest BCUT2D eigenvalue weighted by atomic mass is 10.4. The zero-order valence-electron chi connectivity index (χ0n) is 6.57. The third kappa shape index (κ3) is 3.68. The number of thiophene rings is 1. The van der Waals surface area contributed by atoms with Crippen LogP contribution in [-0.2, 0) is 4.79 Å². The number of aliphatic carboxylic acids is 1. The summed E-state index contributed by atoms with van der Waals surface area (Å²) < 4.78 is 2.11. The minimum atomic E-state index is -0.955. The van der Waals surface area contributed by atoms with Crippen LogP contribution in [-0.4, -0.2) is 22.9 Å². The predicted molar refractivity (Wildman–Crippen MR) is 58.4 cm³/mol. The minimum absolute atomic E-state index is 0.405. The molecule has 0 saturated heterocycles. The Morgan fingerprint density at radius 3 is 2.92 bits per heavy atom. The Morgan fingerprint density at radius 2 is 2.46 bits per heavy atom. The van der Waals surface area contributed by atoms with Gasteiger partial charge < -0.3 is 10.8 Å². The number of carboxylic acid groups (broad SMARTS) is 1. The van der Waals surface area contributed by atoms with Crippen LogP contribution in [0.2, 0.25) is 0 Å². The third-order valence-electron chi connectivity index (χ3n) is 1.27. The molecule has 72 valence electrons. The van der Waals surface area contributed by atoms with Crippen molar-refractivity contribution >= 4 is 45.0 Å². The summed E-state index contributed by atoms with van der Waals surface area (Å²) >= 11 is 6.36. The van der Waals surface area contributed by atoms with Gasteiger partial charge in [0.1, 0.15) is 6.04 Å². The molecule has 0 saturated carbocycles.